The van der Waals surface area contributed by atoms with Gasteiger partial charge in [-0.15, -0.1) is 0 Å². The smallest absolute Gasteiger partial charge is 0.0105 e. The number of rotatable bonds is 3. The summed E-state index contributed by atoms with van der Waals surface area (Å²) in [4.78, 5) is 0. The molecular weight excluding hydrogens is 252 g/mol. The van der Waals surface area contributed by atoms with Crippen molar-refractivity contribution in [3.8, 4) is 0 Å². The van der Waals surface area contributed by atoms with Gasteiger partial charge in [0, 0.05) is 0 Å². The van der Waals surface area contributed by atoms with Crippen LogP contribution < -0.4 is 0 Å². The van der Waals surface area contributed by atoms with Gasteiger partial charge in [0.25, 0.3) is 0 Å². The van der Waals surface area contributed by atoms with Gasteiger partial charge in [0.1, 0.15) is 0 Å². The van der Waals surface area contributed by atoms with Gasteiger partial charge in [-0.2, -0.15) is 0 Å². The fraction of sp³-hybridized carbons (Fsp3) is 0.0476. The normalized spacial score (nSPS) is 10.1. The van der Waals surface area contributed by atoms with Crippen LogP contribution in [-0.4, -0.2) is 0 Å². The Morgan fingerprint density at radius 1 is 0.619 bits per heavy atom. The first kappa shape index (κ1) is 13.4. The molecule has 0 unspecified atom stereocenters. The van der Waals surface area contributed by atoms with Crippen molar-refractivity contribution in [3.63, 3.8) is 0 Å². The number of benzene rings is 3. The van der Waals surface area contributed by atoms with Gasteiger partial charge < -0.3 is 0 Å². The molecule has 0 aliphatic heterocycles. The maximum Gasteiger partial charge on any atom is -0.0105 e. The van der Waals surface area contributed by atoms with E-state index in [1.807, 2.05) is 0 Å². The molecule has 102 valence electrons. The van der Waals surface area contributed by atoms with E-state index in [-0.39, 0.29) is 0 Å². The van der Waals surface area contributed by atoms with Crippen LogP contribution in [0.25, 0.3) is 11.6 Å². The summed E-state index contributed by atoms with van der Waals surface area (Å²) in [6.45, 7) is 2.15. The molecule has 0 heteroatoms. The summed E-state index contributed by atoms with van der Waals surface area (Å²) < 4.78 is 0. The molecule has 0 bridgehead atoms. The van der Waals surface area contributed by atoms with E-state index in [0.717, 1.165) is 0 Å². The zero-order chi connectivity index (χ0) is 14.5. The number of hydrogen-bond acceptors (Lipinski definition) is 0. The Morgan fingerprint density at radius 2 is 1.10 bits per heavy atom. The SMILES string of the molecule is Cc1ccccc1C=C(c1ccccc1)c1ccccc1. The van der Waals surface area contributed by atoms with E-state index in [1.165, 1.54) is 27.8 Å². The van der Waals surface area contributed by atoms with Gasteiger partial charge in [-0.1, -0.05) is 84.9 Å². The third kappa shape index (κ3) is 3.11. The van der Waals surface area contributed by atoms with Crippen LogP contribution >= 0.6 is 0 Å². The molecule has 0 amide bonds. The monoisotopic (exact) mass is 270 g/mol. The number of hydrogen-bond donors (Lipinski definition) is 0. The van der Waals surface area contributed by atoms with E-state index in [0.29, 0.717) is 0 Å². The second-order valence-electron chi connectivity index (χ2n) is 5.15. The van der Waals surface area contributed by atoms with Crippen molar-refractivity contribution < 1.29 is 0 Å². The van der Waals surface area contributed by atoms with Gasteiger partial charge in [0.05, 0.1) is 0 Å². The van der Waals surface area contributed by atoms with Gasteiger partial charge in [0.2, 0.25) is 0 Å². The highest BCUT2D eigenvalue weighted by Gasteiger charge is 2.05. The van der Waals surface area contributed by atoms with Crippen LogP contribution in [0.4, 0.5) is 0 Å². The van der Waals surface area contributed by atoms with Crippen molar-refractivity contribution in [2.45, 2.75) is 6.92 Å². The summed E-state index contributed by atoms with van der Waals surface area (Å²) in [5, 5.41) is 0. The molecule has 0 radical (unpaired) electrons. The highest BCUT2D eigenvalue weighted by atomic mass is 14.1. The first-order chi connectivity index (χ1) is 10.3. The molecule has 0 aliphatic rings. The number of aryl methyl sites for hydroxylation is 1. The second-order valence-corrected chi connectivity index (χ2v) is 5.15. The molecule has 0 N–H and O–H groups in total. The molecule has 0 saturated heterocycles. The van der Waals surface area contributed by atoms with Gasteiger partial charge in [-0.25, -0.2) is 0 Å². The topological polar surface area (TPSA) is 0 Å². The lowest BCUT2D eigenvalue weighted by Crippen LogP contribution is -1.89. The molecule has 0 aromatic heterocycles. The lowest BCUT2D eigenvalue weighted by Gasteiger charge is -2.10. The Bertz CT molecular complexity index is 696. The lowest BCUT2D eigenvalue weighted by molar-refractivity contribution is 1.44. The van der Waals surface area contributed by atoms with Gasteiger partial charge in [-0.3, -0.25) is 0 Å². The summed E-state index contributed by atoms with van der Waals surface area (Å²) in [6, 6.07) is 29.6. The van der Waals surface area contributed by atoms with Crippen LogP contribution in [0.2, 0.25) is 0 Å². The van der Waals surface area contributed by atoms with Crippen molar-refractivity contribution in [1.29, 1.82) is 0 Å². The van der Waals surface area contributed by atoms with Crippen molar-refractivity contribution in [3.05, 3.63) is 107 Å². The average Bonchev–Trinajstić information content (AvgIpc) is 2.56. The molecule has 0 nitrogen and oxygen atoms in total. The quantitative estimate of drug-likeness (QED) is 0.545. The molecule has 0 spiro atoms. The Morgan fingerprint density at radius 3 is 1.62 bits per heavy atom. The lowest BCUT2D eigenvalue weighted by atomic mass is 9.94. The predicted molar refractivity (Wildman–Crippen MR) is 91.0 cm³/mol. The van der Waals surface area contributed by atoms with E-state index in [9.17, 15) is 0 Å². The van der Waals surface area contributed by atoms with Crippen LogP contribution in [0.3, 0.4) is 0 Å². The van der Waals surface area contributed by atoms with Crippen molar-refractivity contribution in [1.82, 2.24) is 0 Å². The largest absolute Gasteiger partial charge is 0.0622 e. The van der Waals surface area contributed by atoms with E-state index in [2.05, 4.69) is 97.9 Å². The Kier molecular flexibility index (Phi) is 3.97. The molecule has 0 saturated carbocycles. The zero-order valence-electron chi connectivity index (χ0n) is 12.2. The Hall–Kier alpha value is -2.60. The maximum atomic E-state index is 2.28. The minimum atomic E-state index is 1.24. The Balaban J connectivity index is 2.16. The zero-order valence-corrected chi connectivity index (χ0v) is 12.2. The molecule has 0 atom stereocenters. The third-order valence-electron chi connectivity index (χ3n) is 3.66. The molecule has 3 aromatic carbocycles. The van der Waals surface area contributed by atoms with Crippen LogP contribution in [0.15, 0.2) is 84.9 Å². The summed E-state index contributed by atoms with van der Waals surface area (Å²) in [6.07, 6.45) is 2.28. The predicted octanol–water partition coefficient (Wildman–Crippen LogP) is 5.58. The Labute approximate surface area is 126 Å². The molecular formula is C21H18. The molecule has 0 aliphatic carbocycles. The summed E-state index contributed by atoms with van der Waals surface area (Å²) in [7, 11) is 0. The van der Waals surface area contributed by atoms with Gasteiger partial charge >= 0.3 is 0 Å². The van der Waals surface area contributed by atoms with Gasteiger partial charge in [0.15, 0.2) is 0 Å². The molecule has 3 aromatic rings. The fourth-order valence-corrected chi connectivity index (χ4v) is 2.47. The summed E-state index contributed by atoms with van der Waals surface area (Å²) in [5.41, 5.74) is 6.30. The highest BCUT2D eigenvalue weighted by Crippen LogP contribution is 2.26. The summed E-state index contributed by atoms with van der Waals surface area (Å²) >= 11 is 0. The molecule has 0 fully saturated rings. The van der Waals surface area contributed by atoms with Crippen molar-refractivity contribution in [2.24, 2.45) is 0 Å². The maximum absolute atomic E-state index is 2.28. The first-order valence-corrected chi connectivity index (χ1v) is 7.23. The average molecular weight is 270 g/mol. The second kappa shape index (κ2) is 6.23. The van der Waals surface area contributed by atoms with Crippen molar-refractivity contribution >= 4 is 11.6 Å². The highest BCUT2D eigenvalue weighted by molar-refractivity contribution is 5.91. The minimum Gasteiger partial charge on any atom is -0.0622 e. The standard InChI is InChI=1S/C21H18/c1-17-10-8-9-15-20(17)16-21(18-11-4-2-5-12-18)19-13-6-3-7-14-19/h2-16H,1H3. The fourth-order valence-electron chi connectivity index (χ4n) is 2.47. The minimum absolute atomic E-state index is 1.24. The summed E-state index contributed by atoms with van der Waals surface area (Å²) in [5.74, 6) is 0. The van der Waals surface area contributed by atoms with Crippen LogP contribution in [0, 0.1) is 6.92 Å². The van der Waals surface area contributed by atoms with E-state index >= 15 is 0 Å². The van der Waals surface area contributed by atoms with Crippen LogP contribution in [-0.2, 0) is 0 Å². The molecule has 0 heterocycles. The first-order valence-electron chi connectivity index (χ1n) is 7.23. The third-order valence-corrected chi connectivity index (χ3v) is 3.66. The van der Waals surface area contributed by atoms with Crippen molar-refractivity contribution in [2.75, 3.05) is 0 Å². The van der Waals surface area contributed by atoms with Crippen LogP contribution in [0.1, 0.15) is 22.3 Å². The van der Waals surface area contributed by atoms with E-state index in [4.69, 9.17) is 0 Å². The van der Waals surface area contributed by atoms with E-state index < -0.39 is 0 Å². The van der Waals surface area contributed by atoms with Crippen LogP contribution in [0.5, 0.6) is 0 Å². The van der Waals surface area contributed by atoms with Gasteiger partial charge in [-0.05, 0) is 40.8 Å². The molecule has 21 heavy (non-hydrogen) atoms. The van der Waals surface area contributed by atoms with E-state index in [1.54, 1.807) is 0 Å². The molecule has 3 rings (SSSR count).